The smallest absolute Gasteiger partial charge is 0.344 e. The maximum atomic E-state index is 14.1. The van der Waals surface area contributed by atoms with Gasteiger partial charge in [-0.2, -0.15) is 0 Å². The highest BCUT2D eigenvalue weighted by Crippen LogP contribution is 2.37. The Balaban J connectivity index is 1.82. The number of carbonyl (C=O) groups is 3. The molecule has 0 radical (unpaired) electrons. The second kappa shape index (κ2) is 16.4. The highest BCUT2D eigenvalue weighted by Gasteiger charge is 2.34. The predicted octanol–water partition coefficient (Wildman–Crippen LogP) is 4.06. The lowest BCUT2D eigenvalue weighted by atomic mass is 9.95. The number of hydrogen-bond acceptors (Lipinski definition) is 12. The quantitative estimate of drug-likeness (QED) is 0.141. The largest absolute Gasteiger partial charge is 0.490 e. The van der Waals surface area contributed by atoms with Gasteiger partial charge in [-0.05, 0) is 108 Å². The summed E-state index contributed by atoms with van der Waals surface area (Å²) in [5.74, 6) is -0.568. The van der Waals surface area contributed by atoms with E-state index in [0.29, 0.717) is 58.1 Å². The summed E-state index contributed by atoms with van der Waals surface area (Å²) in [6.45, 7) is 7.02. The zero-order chi connectivity index (χ0) is 34.2. The van der Waals surface area contributed by atoms with Gasteiger partial charge in [-0.3, -0.25) is 9.36 Å². The van der Waals surface area contributed by atoms with E-state index in [1.54, 1.807) is 58.0 Å². The number of fused-ring (bicyclic) bond motifs is 1. The number of methoxy groups -OCH3 is 1. The van der Waals surface area contributed by atoms with Gasteiger partial charge in [0, 0.05) is 0 Å². The van der Waals surface area contributed by atoms with E-state index in [-0.39, 0.29) is 37.6 Å². The molecular formula is C32H32BrIN2O10S. The number of allylic oxidation sites excluding steroid dienone is 1. The van der Waals surface area contributed by atoms with Gasteiger partial charge >= 0.3 is 17.9 Å². The van der Waals surface area contributed by atoms with Crippen LogP contribution in [0, 0.1) is 3.57 Å². The summed E-state index contributed by atoms with van der Waals surface area (Å²) >= 11 is 6.77. The van der Waals surface area contributed by atoms with Crippen LogP contribution in [-0.4, -0.2) is 62.6 Å². The molecule has 0 fully saturated rings. The molecule has 0 saturated carbocycles. The van der Waals surface area contributed by atoms with Crippen LogP contribution in [0.15, 0.2) is 55.9 Å². The maximum Gasteiger partial charge on any atom is 0.344 e. The Morgan fingerprint density at radius 2 is 1.70 bits per heavy atom. The van der Waals surface area contributed by atoms with E-state index in [4.69, 9.17) is 23.7 Å². The highest BCUT2D eigenvalue weighted by atomic mass is 127. The molecule has 47 heavy (non-hydrogen) atoms. The second-order valence-corrected chi connectivity index (χ2v) is 12.7. The lowest BCUT2D eigenvalue weighted by molar-refractivity contribution is -0.145. The van der Waals surface area contributed by atoms with Crippen molar-refractivity contribution < 1.29 is 42.8 Å². The molecule has 0 spiro atoms. The van der Waals surface area contributed by atoms with Crippen LogP contribution in [0.3, 0.4) is 0 Å². The summed E-state index contributed by atoms with van der Waals surface area (Å²) in [7, 11) is 1.26. The van der Waals surface area contributed by atoms with E-state index in [1.807, 2.05) is 6.07 Å². The summed E-state index contributed by atoms with van der Waals surface area (Å²) in [5, 5.41) is 0. The van der Waals surface area contributed by atoms with Gasteiger partial charge in [0.1, 0.15) is 5.75 Å². The van der Waals surface area contributed by atoms with Crippen molar-refractivity contribution >= 4 is 73.8 Å². The Bertz CT molecular complexity index is 1880. The fourth-order valence-electron chi connectivity index (χ4n) is 4.67. The van der Waals surface area contributed by atoms with E-state index in [1.165, 1.54) is 23.0 Å². The van der Waals surface area contributed by atoms with Crippen LogP contribution in [-0.2, 0) is 28.6 Å². The number of nitrogens with zero attached hydrogens (tertiary/aromatic N) is 2. The van der Waals surface area contributed by atoms with Crippen molar-refractivity contribution in [3.05, 3.63) is 80.5 Å². The van der Waals surface area contributed by atoms with E-state index in [0.717, 1.165) is 0 Å². The highest BCUT2D eigenvalue weighted by molar-refractivity contribution is 14.1. The van der Waals surface area contributed by atoms with Crippen molar-refractivity contribution in [1.29, 1.82) is 0 Å². The van der Waals surface area contributed by atoms with Crippen molar-refractivity contribution in [2.45, 2.75) is 33.7 Å². The van der Waals surface area contributed by atoms with Crippen LogP contribution in [0.5, 0.6) is 17.2 Å². The molecule has 2 heterocycles. The van der Waals surface area contributed by atoms with Crippen LogP contribution in [0.1, 0.15) is 44.9 Å². The van der Waals surface area contributed by atoms with E-state index < -0.39 is 23.9 Å². The van der Waals surface area contributed by atoms with Gasteiger partial charge in [0.05, 0.1) is 56.8 Å². The van der Waals surface area contributed by atoms with Crippen LogP contribution in [0.25, 0.3) is 6.08 Å². The number of esters is 3. The van der Waals surface area contributed by atoms with Crippen molar-refractivity contribution in [2.24, 2.45) is 4.99 Å². The van der Waals surface area contributed by atoms with Crippen LogP contribution >= 0.6 is 49.9 Å². The SMILES string of the molecule is CCOC(=O)COc1c(Br)cc(/C=c2\sc3n(c2=O)[C@H](c2ccc(OCC(=O)OC)c(OCC)c2)C(C(=O)OCC)=C(C)N=3)cc1I. The molecule has 1 aliphatic rings. The maximum absolute atomic E-state index is 14.1. The van der Waals surface area contributed by atoms with Crippen LogP contribution < -0.4 is 29.1 Å². The van der Waals surface area contributed by atoms with Crippen LogP contribution in [0.4, 0.5) is 0 Å². The fourth-order valence-corrected chi connectivity index (χ4v) is 7.49. The number of halogens is 2. The van der Waals surface area contributed by atoms with Crippen molar-refractivity contribution in [2.75, 3.05) is 40.1 Å². The van der Waals surface area contributed by atoms with E-state index in [2.05, 4.69) is 48.3 Å². The Morgan fingerprint density at radius 3 is 2.36 bits per heavy atom. The van der Waals surface area contributed by atoms with Gasteiger partial charge < -0.3 is 28.4 Å². The molecule has 12 nitrogen and oxygen atoms in total. The topological polar surface area (TPSA) is 141 Å². The number of ether oxygens (including phenoxy) is 6. The van der Waals surface area contributed by atoms with E-state index >= 15 is 0 Å². The number of hydrogen-bond donors (Lipinski definition) is 0. The molecule has 4 rings (SSSR count). The molecule has 0 bridgehead atoms. The predicted molar refractivity (Wildman–Crippen MR) is 185 cm³/mol. The van der Waals surface area contributed by atoms with Crippen LogP contribution in [0.2, 0.25) is 0 Å². The molecule has 2 aromatic carbocycles. The van der Waals surface area contributed by atoms with E-state index in [9.17, 15) is 19.2 Å². The lowest BCUT2D eigenvalue weighted by Crippen LogP contribution is -2.40. The molecular weight excluding hydrogens is 811 g/mol. The average Bonchev–Trinajstić information content (AvgIpc) is 3.33. The first-order valence-electron chi connectivity index (χ1n) is 14.5. The summed E-state index contributed by atoms with van der Waals surface area (Å²) < 4.78 is 35.2. The normalized spacial score (nSPS) is 14.2. The second-order valence-electron chi connectivity index (χ2n) is 9.71. The van der Waals surface area contributed by atoms with Gasteiger partial charge in [0.25, 0.3) is 5.56 Å². The van der Waals surface area contributed by atoms with Gasteiger partial charge in [-0.25, -0.2) is 19.4 Å². The Labute approximate surface area is 296 Å². The molecule has 0 saturated heterocycles. The number of aromatic nitrogens is 1. The molecule has 0 amide bonds. The van der Waals surface area contributed by atoms with Gasteiger partial charge in [0.15, 0.2) is 29.5 Å². The minimum atomic E-state index is -0.896. The first-order valence-corrected chi connectivity index (χ1v) is 17.1. The standard InChI is InChI=1S/C32H32BrIN2O10S/c1-6-42-23-14-19(9-10-22(23)45-15-25(37)41-5)28-27(31(40)44-8-3)17(4)35-32-36(28)30(39)24(47-32)13-18-11-20(33)29(21(34)12-18)46-16-26(38)43-7-2/h9-14,28H,6-8,15-16H2,1-5H3/b24-13-/t28-/m1/s1. The minimum Gasteiger partial charge on any atom is -0.490 e. The number of benzene rings is 2. The third-order valence-corrected chi connectivity index (χ3v) is 9.00. The van der Waals surface area contributed by atoms with Gasteiger partial charge in [0.2, 0.25) is 0 Å². The molecule has 0 N–H and O–H groups in total. The van der Waals surface area contributed by atoms with Gasteiger partial charge in [-0.1, -0.05) is 17.4 Å². The van der Waals surface area contributed by atoms with Gasteiger partial charge in [-0.15, -0.1) is 0 Å². The molecule has 1 aromatic heterocycles. The zero-order valence-electron chi connectivity index (χ0n) is 26.2. The summed E-state index contributed by atoms with van der Waals surface area (Å²) in [4.78, 5) is 55.9. The molecule has 250 valence electrons. The summed E-state index contributed by atoms with van der Waals surface area (Å²) in [5.41, 5.74) is 1.48. The molecule has 1 aliphatic heterocycles. The zero-order valence-corrected chi connectivity index (χ0v) is 30.8. The molecule has 15 heteroatoms. The Kier molecular flexibility index (Phi) is 12.6. The average molecular weight is 843 g/mol. The monoisotopic (exact) mass is 842 g/mol. The van der Waals surface area contributed by atoms with Crippen molar-refractivity contribution in [3.63, 3.8) is 0 Å². The Hall–Kier alpha value is -3.70. The third-order valence-electron chi connectivity index (χ3n) is 6.63. The third kappa shape index (κ3) is 8.43. The fraction of sp³-hybridized carbons (Fsp3) is 0.344. The first kappa shape index (κ1) is 36.1. The van der Waals surface area contributed by atoms with Crippen molar-refractivity contribution in [3.8, 4) is 17.2 Å². The lowest BCUT2D eigenvalue weighted by Gasteiger charge is -2.25. The number of thiazole rings is 1. The molecule has 0 aliphatic carbocycles. The molecule has 0 unspecified atom stereocenters. The minimum absolute atomic E-state index is 0.129. The summed E-state index contributed by atoms with van der Waals surface area (Å²) in [6, 6.07) is 7.68. The van der Waals surface area contributed by atoms with Crippen molar-refractivity contribution in [1.82, 2.24) is 4.57 Å². The molecule has 3 aromatic rings. The number of rotatable bonds is 13. The molecule has 1 atom stereocenters. The number of carbonyl (C=O) groups excluding carboxylic acids is 3. The Morgan fingerprint density at radius 1 is 0.979 bits per heavy atom. The summed E-state index contributed by atoms with van der Waals surface area (Å²) in [6.07, 6.45) is 1.72. The first-order chi connectivity index (χ1) is 22.5.